The molecule has 0 radical (unpaired) electrons. The molecule has 0 aliphatic carbocycles. The Morgan fingerprint density at radius 3 is 1.71 bits per heavy atom. The van der Waals surface area contributed by atoms with Crippen LogP contribution >= 0.6 is 0 Å². The van der Waals surface area contributed by atoms with Crippen LogP contribution in [0.3, 0.4) is 0 Å². The van der Waals surface area contributed by atoms with Gasteiger partial charge in [-0.15, -0.1) is 5.11 Å². The molecule has 9 N–H and O–H groups in total. The number of nitrogens with zero attached hydrogens (tertiary/aromatic N) is 4. The molecule has 0 spiro atoms. The van der Waals surface area contributed by atoms with Crippen LogP contribution in [0.5, 0.6) is 0 Å². The summed E-state index contributed by atoms with van der Waals surface area (Å²) < 4.78 is 131. The summed E-state index contributed by atoms with van der Waals surface area (Å²) in [7, 11) is -18.9. The predicted molar refractivity (Wildman–Crippen MR) is 216 cm³/mol. The minimum absolute atomic E-state index is 0.0141. The van der Waals surface area contributed by atoms with Gasteiger partial charge in [0.15, 0.2) is 0 Å². The Morgan fingerprint density at radius 2 is 1.12 bits per heavy atom. The first kappa shape index (κ1) is 43.9. The fourth-order valence-electron chi connectivity index (χ4n) is 5.47. The molecule has 59 heavy (non-hydrogen) atoms. The summed E-state index contributed by atoms with van der Waals surface area (Å²) in [5.41, 5.74) is 14.3. The fraction of sp³-hybridized carbons (Fsp3) is 0.0571. The van der Waals surface area contributed by atoms with Gasteiger partial charge < -0.3 is 16.8 Å². The van der Waals surface area contributed by atoms with Gasteiger partial charge in [-0.05, 0) is 96.7 Å². The van der Waals surface area contributed by atoms with Gasteiger partial charge in [0.1, 0.15) is 20.4 Å². The smallest absolute Gasteiger partial charge is 0.295 e. The van der Waals surface area contributed by atoms with E-state index in [0.29, 0.717) is 28.8 Å². The van der Waals surface area contributed by atoms with Gasteiger partial charge in [0.25, 0.3) is 40.5 Å². The van der Waals surface area contributed by atoms with E-state index >= 15 is 0 Å². The van der Waals surface area contributed by atoms with Crippen LogP contribution in [0.25, 0.3) is 21.5 Å². The summed E-state index contributed by atoms with van der Waals surface area (Å²) in [6.07, 6.45) is 0. The Balaban J connectivity index is 0.000000225. The second-order valence-corrected chi connectivity index (χ2v) is 18.0. The molecule has 0 fully saturated rings. The predicted octanol–water partition coefficient (Wildman–Crippen LogP) is 6.93. The molecule has 0 aliphatic heterocycles. The molecule has 0 aromatic heterocycles. The molecular weight excluding hydrogens is 855 g/mol. The van der Waals surface area contributed by atoms with Crippen molar-refractivity contribution in [2.75, 3.05) is 16.8 Å². The Labute approximate surface area is 336 Å². The van der Waals surface area contributed by atoms with Crippen molar-refractivity contribution in [3.8, 4) is 0 Å². The molecule has 0 heterocycles. The first-order valence-electron chi connectivity index (χ1n) is 16.2. The molecule has 0 atom stereocenters. The number of nitrogen functional groups attached to an aromatic ring is 2. The average molecular weight is 886 g/mol. The zero-order chi connectivity index (χ0) is 43.7. The summed E-state index contributed by atoms with van der Waals surface area (Å²) in [6.45, 7) is 3.07. The maximum atomic E-state index is 11.8. The molecule has 0 saturated carbocycles. The molecule has 0 bridgehead atoms. The van der Waals surface area contributed by atoms with E-state index in [1.807, 2.05) is 0 Å². The van der Waals surface area contributed by atoms with Gasteiger partial charge in [-0.2, -0.15) is 49.0 Å². The number of rotatable bonds is 9. The van der Waals surface area contributed by atoms with E-state index in [0.717, 1.165) is 23.8 Å². The van der Waals surface area contributed by atoms with Crippen molar-refractivity contribution in [2.45, 2.75) is 33.4 Å². The third-order valence-electron chi connectivity index (χ3n) is 8.00. The van der Waals surface area contributed by atoms with Crippen molar-refractivity contribution in [1.82, 2.24) is 0 Å². The Hall–Kier alpha value is -6.25. The largest absolute Gasteiger partial charge is 0.399 e. The van der Waals surface area contributed by atoms with Crippen molar-refractivity contribution in [3.05, 3.63) is 103 Å². The number of carbonyl (C=O) groups excluding carboxylic acids is 1. The molecule has 20 nitrogen and oxygen atoms in total. The highest BCUT2D eigenvalue weighted by Crippen LogP contribution is 2.35. The van der Waals surface area contributed by atoms with E-state index in [9.17, 15) is 56.7 Å². The quantitative estimate of drug-likeness (QED) is 0.0439. The van der Waals surface area contributed by atoms with Crippen LogP contribution in [0.4, 0.5) is 39.8 Å². The first-order valence-corrected chi connectivity index (χ1v) is 22.0. The summed E-state index contributed by atoms with van der Waals surface area (Å²) in [5.74, 6) is -0.344. The molecule has 0 aliphatic rings. The molecule has 308 valence electrons. The van der Waals surface area contributed by atoms with Crippen LogP contribution in [0.15, 0.2) is 137 Å². The molecular formula is C35H31N7O13S4. The van der Waals surface area contributed by atoms with Gasteiger partial charge in [0.05, 0.1) is 27.6 Å². The van der Waals surface area contributed by atoms with Crippen molar-refractivity contribution in [1.29, 1.82) is 0 Å². The SMILES string of the molecule is CC(=O)Nc1cc(N)ccc1N=Nc1ccc2c(S(=O)(=O)O)cc(S(=O)(=O)O)cc2c1.Cc1cc(N)ccc1N=Nc1cc(S(=O)(=O)O)c2cccc(S(=O)(=O)O)c2c1. The number of anilines is 3. The summed E-state index contributed by atoms with van der Waals surface area (Å²) >= 11 is 0. The third-order valence-corrected chi connectivity index (χ3v) is 11.5. The van der Waals surface area contributed by atoms with Gasteiger partial charge >= 0.3 is 0 Å². The lowest BCUT2D eigenvalue weighted by atomic mass is 10.1. The van der Waals surface area contributed by atoms with Crippen LogP contribution in [0.1, 0.15) is 12.5 Å². The lowest BCUT2D eigenvalue weighted by Crippen LogP contribution is -2.06. The number of carbonyl (C=O) groups is 1. The third kappa shape index (κ3) is 10.8. The highest BCUT2D eigenvalue weighted by atomic mass is 32.2. The summed E-state index contributed by atoms with van der Waals surface area (Å²) in [4.78, 5) is 8.88. The lowest BCUT2D eigenvalue weighted by molar-refractivity contribution is -0.114. The van der Waals surface area contributed by atoms with Crippen molar-refractivity contribution in [3.63, 3.8) is 0 Å². The number of hydrogen-bond acceptors (Lipinski definition) is 15. The highest BCUT2D eigenvalue weighted by Gasteiger charge is 2.22. The van der Waals surface area contributed by atoms with E-state index in [2.05, 4.69) is 25.8 Å². The monoisotopic (exact) mass is 885 g/mol. The number of amides is 1. The maximum absolute atomic E-state index is 11.8. The molecule has 0 unspecified atom stereocenters. The van der Waals surface area contributed by atoms with E-state index in [1.54, 1.807) is 31.2 Å². The second-order valence-electron chi connectivity index (χ2n) is 12.4. The van der Waals surface area contributed by atoms with Crippen LogP contribution in [-0.4, -0.2) is 57.8 Å². The minimum Gasteiger partial charge on any atom is -0.399 e. The molecule has 0 saturated heterocycles. The molecule has 6 aromatic rings. The first-order chi connectivity index (χ1) is 27.3. The highest BCUT2D eigenvalue weighted by molar-refractivity contribution is 7.87. The van der Waals surface area contributed by atoms with Crippen molar-refractivity contribution in [2.24, 2.45) is 20.5 Å². The number of azo groups is 2. The van der Waals surface area contributed by atoms with E-state index in [-0.39, 0.29) is 44.5 Å². The van der Waals surface area contributed by atoms with Gasteiger partial charge in [0.2, 0.25) is 5.91 Å². The van der Waals surface area contributed by atoms with E-state index in [1.165, 1.54) is 55.5 Å². The number of aryl methyl sites for hydroxylation is 1. The Bertz CT molecular complexity index is 3210. The number of fused-ring (bicyclic) bond motifs is 2. The Morgan fingerprint density at radius 1 is 0.542 bits per heavy atom. The fourth-order valence-corrected chi connectivity index (χ4v) is 8.25. The number of nitrogens with two attached hydrogens (primary N) is 2. The van der Waals surface area contributed by atoms with Gasteiger partial charge in [-0.3, -0.25) is 23.0 Å². The van der Waals surface area contributed by atoms with Gasteiger partial charge in [0, 0.05) is 34.5 Å². The number of hydrogen-bond donors (Lipinski definition) is 7. The van der Waals surface area contributed by atoms with Gasteiger partial charge in [-0.1, -0.05) is 18.2 Å². The zero-order valence-corrected chi connectivity index (χ0v) is 33.5. The van der Waals surface area contributed by atoms with Crippen LogP contribution in [0, 0.1) is 6.92 Å². The summed E-state index contributed by atoms with van der Waals surface area (Å²) in [6, 6.07) is 21.1. The minimum atomic E-state index is -4.78. The normalized spacial score (nSPS) is 12.5. The molecule has 1 amide bonds. The molecule has 24 heteroatoms. The lowest BCUT2D eigenvalue weighted by Gasteiger charge is -2.09. The zero-order valence-electron chi connectivity index (χ0n) is 30.3. The second kappa shape index (κ2) is 16.5. The standard InChI is InChI=1S/C18H16N4O7S2.C17H15N3O6S2/c1-10(23)20-17-8-12(19)2-5-16(17)22-21-13-3-4-15-11(6-13)7-14(30(24,25)26)9-18(15)31(27,28)29;1-10-7-11(18)5-6-15(10)20-19-12-8-14-13(17(9-12)28(24,25)26)3-2-4-16(14)27(21,22)23/h2-9H,19H2,1H3,(H,20,23)(H,24,25,26)(H,27,28,29);2-9H,18H2,1H3,(H,21,22,23)(H,24,25,26). The Kier molecular flexibility index (Phi) is 12.3. The number of nitrogens with one attached hydrogen (secondary N) is 1. The van der Waals surface area contributed by atoms with Gasteiger partial charge in [-0.25, -0.2) is 0 Å². The molecule has 6 aromatic carbocycles. The van der Waals surface area contributed by atoms with E-state index < -0.39 is 60.1 Å². The van der Waals surface area contributed by atoms with Crippen LogP contribution in [0.2, 0.25) is 0 Å². The maximum Gasteiger partial charge on any atom is 0.295 e. The van der Waals surface area contributed by atoms with Crippen LogP contribution in [-0.2, 0) is 45.3 Å². The molecule has 6 rings (SSSR count). The van der Waals surface area contributed by atoms with Crippen molar-refractivity contribution < 1.29 is 56.7 Å². The average Bonchev–Trinajstić information content (AvgIpc) is 3.11. The van der Waals surface area contributed by atoms with E-state index in [4.69, 9.17) is 11.5 Å². The summed E-state index contributed by atoms with van der Waals surface area (Å²) in [5, 5.41) is 18.5. The van der Waals surface area contributed by atoms with Crippen molar-refractivity contribution >= 4 is 108 Å². The number of benzene rings is 6. The topological polar surface area (TPSA) is 348 Å². The van der Waals surface area contributed by atoms with Crippen LogP contribution < -0.4 is 16.8 Å².